The number of aliphatic hydroxyl groups excluding tert-OH is 3. The summed E-state index contributed by atoms with van der Waals surface area (Å²) in [4.78, 5) is 0. The van der Waals surface area contributed by atoms with Crippen molar-refractivity contribution in [3.63, 3.8) is 0 Å². The molecule has 0 aromatic heterocycles. The van der Waals surface area contributed by atoms with E-state index in [1.165, 1.54) is 0 Å². The zero-order chi connectivity index (χ0) is 10.6. The third-order valence-electron chi connectivity index (χ3n) is 2.09. The zero-order valence-corrected chi connectivity index (χ0v) is 8.64. The molecule has 0 aromatic rings. The Morgan fingerprint density at radius 2 is 1.08 bits per heavy atom. The fourth-order valence-corrected chi connectivity index (χ4v) is 1.26. The average Bonchev–Trinajstić information content (AvgIpc) is 2.15. The van der Waals surface area contributed by atoms with Gasteiger partial charge in [0, 0.05) is 0 Å². The van der Waals surface area contributed by atoms with Crippen LogP contribution in [-0.2, 0) is 4.74 Å². The summed E-state index contributed by atoms with van der Waals surface area (Å²) in [5.41, 5.74) is 0. The maximum atomic E-state index is 9.21. The fraction of sp³-hybridized carbons (Fsp3) is 1.00. The van der Waals surface area contributed by atoms with Crippen molar-refractivity contribution in [1.29, 1.82) is 0 Å². The zero-order valence-electron chi connectivity index (χ0n) is 8.64. The van der Waals surface area contributed by atoms with E-state index in [-0.39, 0.29) is 0 Å². The molecule has 0 radical (unpaired) electrons. The highest BCUT2D eigenvalue weighted by Gasteiger charge is 2.39. The second-order valence-corrected chi connectivity index (χ2v) is 3.02. The van der Waals surface area contributed by atoms with E-state index in [9.17, 15) is 15.3 Å². The summed E-state index contributed by atoms with van der Waals surface area (Å²) in [6, 6.07) is 0. The Balaban J connectivity index is 0.000000671. The first-order valence-corrected chi connectivity index (χ1v) is 4.73. The Hall–Kier alpha value is -0.160. The van der Waals surface area contributed by atoms with Gasteiger partial charge in [0.25, 0.3) is 0 Å². The number of aliphatic hydroxyl groups is 3. The summed E-state index contributed by atoms with van der Waals surface area (Å²) in [5, 5.41) is 27.6. The third kappa shape index (κ3) is 2.91. The first kappa shape index (κ1) is 12.8. The molecule has 0 saturated carbocycles. The maximum Gasteiger partial charge on any atom is 0.111 e. The van der Waals surface area contributed by atoms with Crippen LogP contribution in [0.3, 0.4) is 0 Å². The molecule has 13 heavy (non-hydrogen) atoms. The minimum Gasteiger partial charge on any atom is -0.388 e. The summed E-state index contributed by atoms with van der Waals surface area (Å²) in [6.45, 7) is 7.33. The van der Waals surface area contributed by atoms with Crippen molar-refractivity contribution < 1.29 is 20.1 Å². The quantitative estimate of drug-likeness (QED) is 0.501. The SMILES string of the molecule is CC.C[C@@H]1O[C@@H](C)[C@H](O)C(O)[C@H]1O. The molecule has 0 amide bonds. The number of hydrogen-bond donors (Lipinski definition) is 3. The second-order valence-electron chi connectivity index (χ2n) is 3.02. The lowest BCUT2D eigenvalue weighted by atomic mass is 9.97. The van der Waals surface area contributed by atoms with Crippen molar-refractivity contribution in [1.82, 2.24) is 0 Å². The van der Waals surface area contributed by atoms with Gasteiger partial charge in [0.1, 0.15) is 18.3 Å². The normalized spacial score (nSPS) is 45.0. The molecule has 1 aliphatic heterocycles. The molecule has 4 heteroatoms. The number of rotatable bonds is 0. The van der Waals surface area contributed by atoms with E-state index < -0.39 is 30.5 Å². The molecule has 4 atom stereocenters. The molecule has 3 N–H and O–H groups in total. The number of ether oxygens (including phenoxy) is 1. The topological polar surface area (TPSA) is 69.9 Å². The van der Waals surface area contributed by atoms with Gasteiger partial charge >= 0.3 is 0 Å². The van der Waals surface area contributed by atoms with E-state index in [4.69, 9.17) is 4.74 Å². The molecule has 1 aliphatic rings. The highest BCUT2D eigenvalue weighted by molar-refractivity contribution is 4.88. The molecule has 0 aromatic carbocycles. The van der Waals surface area contributed by atoms with E-state index in [0.29, 0.717) is 0 Å². The van der Waals surface area contributed by atoms with Crippen molar-refractivity contribution >= 4 is 0 Å². The van der Waals surface area contributed by atoms with Gasteiger partial charge in [-0.1, -0.05) is 13.8 Å². The highest BCUT2D eigenvalue weighted by atomic mass is 16.5. The Kier molecular flexibility index (Phi) is 5.48. The van der Waals surface area contributed by atoms with Gasteiger partial charge in [-0.25, -0.2) is 0 Å². The van der Waals surface area contributed by atoms with Crippen LogP contribution in [0.15, 0.2) is 0 Å². The first-order chi connectivity index (χ1) is 6.04. The summed E-state index contributed by atoms with van der Waals surface area (Å²) >= 11 is 0. The van der Waals surface area contributed by atoms with E-state index >= 15 is 0 Å². The third-order valence-corrected chi connectivity index (χ3v) is 2.09. The fourth-order valence-electron chi connectivity index (χ4n) is 1.26. The predicted octanol–water partition coefficient (Wildman–Crippen LogP) is -0.0975. The maximum absolute atomic E-state index is 9.21. The molecular weight excluding hydrogens is 172 g/mol. The Bertz CT molecular complexity index is 126. The van der Waals surface area contributed by atoms with Crippen LogP contribution >= 0.6 is 0 Å². The van der Waals surface area contributed by atoms with Crippen molar-refractivity contribution in [2.24, 2.45) is 0 Å². The molecule has 4 nitrogen and oxygen atoms in total. The molecule has 1 rings (SSSR count). The van der Waals surface area contributed by atoms with E-state index in [1.807, 2.05) is 13.8 Å². The van der Waals surface area contributed by atoms with Crippen LogP contribution in [0.25, 0.3) is 0 Å². The van der Waals surface area contributed by atoms with Crippen LogP contribution < -0.4 is 0 Å². The van der Waals surface area contributed by atoms with Crippen LogP contribution in [-0.4, -0.2) is 45.8 Å². The average molecular weight is 192 g/mol. The van der Waals surface area contributed by atoms with Crippen LogP contribution in [0, 0.1) is 0 Å². The van der Waals surface area contributed by atoms with Gasteiger partial charge in [0.15, 0.2) is 0 Å². The molecular formula is C9H20O4. The summed E-state index contributed by atoms with van der Waals surface area (Å²) in [6.07, 6.45) is -3.89. The van der Waals surface area contributed by atoms with Crippen LogP contribution in [0.5, 0.6) is 0 Å². The van der Waals surface area contributed by atoms with Gasteiger partial charge < -0.3 is 20.1 Å². The molecule has 80 valence electrons. The monoisotopic (exact) mass is 192 g/mol. The van der Waals surface area contributed by atoms with Crippen molar-refractivity contribution in [3.05, 3.63) is 0 Å². The lowest BCUT2D eigenvalue weighted by molar-refractivity contribution is -0.211. The largest absolute Gasteiger partial charge is 0.388 e. The summed E-state index contributed by atoms with van der Waals surface area (Å²) < 4.78 is 5.12. The Morgan fingerprint density at radius 3 is 1.38 bits per heavy atom. The van der Waals surface area contributed by atoms with E-state index in [1.54, 1.807) is 13.8 Å². The van der Waals surface area contributed by atoms with Gasteiger partial charge in [-0.05, 0) is 13.8 Å². The molecule has 1 saturated heterocycles. The van der Waals surface area contributed by atoms with E-state index in [2.05, 4.69) is 0 Å². The Morgan fingerprint density at radius 1 is 0.769 bits per heavy atom. The van der Waals surface area contributed by atoms with Crippen LogP contribution in [0.1, 0.15) is 27.7 Å². The molecule has 0 aliphatic carbocycles. The minimum absolute atomic E-state index is 0.414. The van der Waals surface area contributed by atoms with Crippen molar-refractivity contribution in [2.75, 3.05) is 0 Å². The number of hydrogen-bond acceptors (Lipinski definition) is 4. The van der Waals surface area contributed by atoms with Crippen molar-refractivity contribution in [2.45, 2.75) is 58.2 Å². The van der Waals surface area contributed by atoms with Gasteiger partial charge in [-0.2, -0.15) is 0 Å². The highest BCUT2D eigenvalue weighted by Crippen LogP contribution is 2.19. The molecule has 0 spiro atoms. The van der Waals surface area contributed by atoms with Crippen LogP contribution in [0.2, 0.25) is 0 Å². The van der Waals surface area contributed by atoms with E-state index in [0.717, 1.165) is 0 Å². The molecule has 0 unspecified atom stereocenters. The summed E-state index contributed by atoms with van der Waals surface area (Å²) in [7, 11) is 0. The van der Waals surface area contributed by atoms with Crippen molar-refractivity contribution in [3.8, 4) is 0 Å². The lowest BCUT2D eigenvalue weighted by Gasteiger charge is -2.37. The molecule has 1 fully saturated rings. The minimum atomic E-state index is -1.09. The second kappa shape index (κ2) is 5.54. The van der Waals surface area contributed by atoms with Crippen LogP contribution in [0.4, 0.5) is 0 Å². The van der Waals surface area contributed by atoms with Gasteiger partial charge in [0.05, 0.1) is 12.2 Å². The summed E-state index contributed by atoms with van der Waals surface area (Å²) in [5.74, 6) is 0. The standard InChI is InChI=1S/C7H14O4.C2H6/c1-3-5(8)7(10)6(9)4(2)11-3;1-2/h3-10H,1-2H3;1-2H3/t3-,4-,5-,6-;/m0./s1. The Labute approximate surface area is 79.2 Å². The van der Waals surface area contributed by atoms with Gasteiger partial charge in [-0.3, -0.25) is 0 Å². The predicted molar refractivity (Wildman–Crippen MR) is 49.4 cm³/mol. The van der Waals surface area contributed by atoms with Gasteiger partial charge in [0.2, 0.25) is 0 Å². The molecule has 1 heterocycles. The first-order valence-electron chi connectivity index (χ1n) is 4.73. The lowest BCUT2D eigenvalue weighted by Crippen LogP contribution is -2.55. The van der Waals surface area contributed by atoms with Gasteiger partial charge in [-0.15, -0.1) is 0 Å². The molecule has 0 bridgehead atoms. The smallest absolute Gasteiger partial charge is 0.111 e.